The summed E-state index contributed by atoms with van der Waals surface area (Å²) in [7, 11) is 0. The van der Waals surface area contributed by atoms with Gasteiger partial charge in [-0.15, -0.1) is 0 Å². The zero-order valence-corrected chi connectivity index (χ0v) is 24.1. The average Bonchev–Trinajstić information content (AvgIpc) is 2.98. The maximum atomic E-state index is 10.6. The molecule has 222 valence electrons. The number of carbonyl (C=O) groups is 3. The molecule has 4 aromatic carbocycles. The van der Waals surface area contributed by atoms with Crippen molar-refractivity contribution in [3.05, 3.63) is 124 Å². The Morgan fingerprint density at radius 3 is 0.833 bits per heavy atom. The lowest BCUT2D eigenvalue weighted by atomic mass is 10.1. The topological polar surface area (TPSA) is 190 Å². The van der Waals surface area contributed by atoms with Crippen LogP contribution < -0.4 is 17.2 Å². The number of carboxylic acids is 3. The summed E-state index contributed by atoms with van der Waals surface area (Å²) in [5.41, 5.74) is 22.2. The van der Waals surface area contributed by atoms with Crippen LogP contribution in [0, 0.1) is 0 Å². The maximum Gasteiger partial charge on any atom is 0.335 e. The van der Waals surface area contributed by atoms with Crippen molar-refractivity contribution in [1.29, 1.82) is 0 Å². The molecule has 0 saturated carbocycles. The Morgan fingerprint density at radius 2 is 0.690 bits per heavy atom. The number of nitrogens with two attached hydrogens (primary N) is 3. The fraction of sp³-hybridized carbons (Fsp3) is 0.182. The normalized spacial score (nSPS) is 9.50. The van der Waals surface area contributed by atoms with Gasteiger partial charge in [0.05, 0.1) is 16.7 Å². The number of para-hydroxylation sites is 3. The predicted octanol–water partition coefficient (Wildman–Crippen LogP) is 6.27. The highest BCUT2D eigenvalue weighted by molar-refractivity contribution is 5.98. The van der Waals surface area contributed by atoms with Crippen LogP contribution in [0.3, 0.4) is 0 Å². The fourth-order valence-electron chi connectivity index (χ4n) is 3.57. The summed E-state index contributed by atoms with van der Waals surface area (Å²) in [4.78, 5) is 31.7. The van der Waals surface area contributed by atoms with Gasteiger partial charge in [-0.2, -0.15) is 0 Å². The number of aryl methyl sites for hydroxylation is 3. The molecule has 0 radical (unpaired) electrons. The van der Waals surface area contributed by atoms with Gasteiger partial charge in [0.25, 0.3) is 0 Å². The molecular weight excluding hydrogens is 534 g/mol. The molecule has 0 atom stereocenters. The van der Waals surface area contributed by atoms with Crippen LogP contribution in [0.5, 0.6) is 0 Å². The second-order valence-corrected chi connectivity index (χ2v) is 8.87. The quantitative estimate of drug-likeness (QED) is 0.144. The van der Waals surface area contributed by atoms with Gasteiger partial charge in [-0.3, -0.25) is 0 Å². The van der Waals surface area contributed by atoms with E-state index in [2.05, 4.69) is 39.0 Å². The van der Waals surface area contributed by atoms with Crippen LogP contribution in [-0.2, 0) is 19.3 Å². The lowest BCUT2D eigenvalue weighted by molar-refractivity contribution is 0.0696. The van der Waals surface area contributed by atoms with E-state index in [-0.39, 0.29) is 16.7 Å². The highest BCUT2D eigenvalue weighted by Crippen LogP contribution is 2.12. The molecule has 0 aliphatic carbocycles. The number of hydrogen-bond acceptors (Lipinski definition) is 6. The number of hydrogen-bond donors (Lipinski definition) is 6. The molecule has 0 aliphatic rings. The Morgan fingerprint density at radius 1 is 0.476 bits per heavy atom. The first kappa shape index (κ1) is 34.7. The van der Waals surface area contributed by atoms with Crippen LogP contribution in [0.15, 0.2) is 91.0 Å². The van der Waals surface area contributed by atoms with E-state index >= 15 is 0 Å². The molecule has 4 rings (SSSR count). The smallest absolute Gasteiger partial charge is 0.335 e. The van der Waals surface area contributed by atoms with Crippen molar-refractivity contribution in [2.24, 2.45) is 0 Å². The van der Waals surface area contributed by atoms with Gasteiger partial charge >= 0.3 is 17.9 Å². The monoisotopic (exact) mass is 573 g/mol. The minimum atomic E-state index is -1.37. The van der Waals surface area contributed by atoms with Crippen molar-refractivity contribution >= 4 is 35.0 Å². The van der Waals surface area contributed by atoms with Gasteiger partial charge in [0.2, 0.25) is 0 Å². The Kier molecular flexibility index (Phi) is 15.0. The van der Waals surface area contributed by atoms with E-state index in [1.165, 1.54) is 16.7 Å². The Balaban J connectivity index is 0.000000288. The van der Waals surface area contributed by atoms with E-state index in [0.29, 0.717) is 0 Å². The summed E-state index contributed by atoms with van der Waals surface area (Å²) < 4.78 is 0. The number of anilines is 3. The summed E-state index contributed by atoms with van der Waals surface area (Å²) >= 11 is 0. The second-order valence-electron chi connectivity index (χ2n) is 8.87. The Bertz CT molecular complexity index is 1280. The van der Waals surface area contributed by atoms with Crippen LogP contribution in [0.4, 0.5) is 17.1 Å². The Labute approximate surface area is 246 Å². The van der Waals surface area contributed by atoms with E-state index in [9.17, 15) is 14.4 Å². The van der Waals surface area contributed by atoms with Crippen LogP contribution in [0.1, 0.15) is 68.5 Å². The summed E-state index contributed by atoms with van der Waals surface area (Å²) in [6, 6.07) is 26.5. The number of aromatic carboxylic acids is 3. The predicted molar refractivity (Wildman–Crippen MR) is 168 cm³/mol. The standard InChI is InChI=1S/C9H6O6.3C8H11N/c10-7(11)4-1-5(8(12)13)3-6(2-4)9(14)15;3*1-2-7-5-3-4-6-8(7)9/h1-3H,(H,10,11)(H,12,13)(H,14,15);3*3-6H,2,9H2,1H3. The van der Waals surface area contributed by atoms with Gasteiger partial charge in [-0.05, 0) is 72.4 Å². The minimum Gasteiger partial charge on any atom is -0.478 e. The van der Waals surface area contributed by atoms with Crippen molar-refractivity contribution in [1.82, 2.24) is 0 Å². The number of rotatable bonds is 6. The molecule has 9 heteroatoms. The molecule has 9 nitrogen and oxygen atoms in total. The molecule has 0 aromatic heterocycles. The van der Waals surface area contributed by atoms with E-state index in [1.54, 1.807) is 0 Å². The third-order valence-electron chi connectivity index (χ3n) is 5.98. The van der Waals surface area contributed by atoms with Gasteiger partial charge in [-0.25, -0.2) is 14.4 Å². The van der Waals surface area contributed by atoms with Crippen LogP contribution in [-0.4, -0.2) is 33.2 Å². The molecule has 4 aromatic rings. The summed E-state index contributed by atoms with van der Waals surface area (Å²) in [6.45, 7) is 6.31. The number of carboxylic acid groups (broad SMARTS) is 3. The molecule has 0 fully saturated rings. The molecule has 0 amide bonds. The zero-order chi connectivity index (χ0) is 31.7. The molecule has 9 N–H and O–H groups in total. The first-order valence-corrected chi connectivity index (χ1v) is 13.3. The molecule has 42 heavy (non-hydrogen) atoms. The van der Waals surface area contributed by atoms with Crippen molar-refractivity contribution in [2.45, 2.75) is 40.0 Å². The molecular formula is C33H39N3O6. The molecule has 0 saturated heterocycles. The van der Waals surface area contributed by atoms with E-state index in [1.807, 2.05) is 54.6 Å². The van der Waals surface area contributed by atoms with E-state index < -0.39 is 17.9 Å². The number of nitrogen functional groups attached to an aromatic ring is 3. The lowest BCUT2D eigenvalue weighted by Gasteiger charge is -2.00. The van der Waals surface area contributed by atoms with Gasteiger partial charge in [0.1, 0.15) is 0 Å². The van der Waals surface area contributed by atoms with Gasteiger partial charge in [-0.1, -0.05) is 75.4 Å². The molecule has 0 unspecified atom stereocenters. The fourth-order valence-corrected chi connectivity index (χ4v) is 3.57. The third-order valence-corrected chi connectivity index (χ3v) is 5.98. The highest BCUT2D eigenvalue weighted by Gasteiger charge is 2.14. The lowest BCUT2D eigenvalue weighted by Crippen LogP contribution is -2.07. The third kappa shape index (κ3) is 11.8. The number of benzene rings is 4. The van der Waals surface area contributed by atoms with Gasteiger partial charge in [0.15, 0.2) is 0 Å². The molecule has 0 heterocycles. The summed E-state index contributed by atoms with van der Waals surface area (Å²) in [5.74, 6) is -4.12. The van der Waals surface area contributed by atoms with Crippen molar-refractivity contribution in [2.75, 3.05) is 17.2 Å². The van der Waals surface area contributed by atoms with Crippen molar-refractivity contribution in [3.8, 4) is 0 Å². The van der Waals surface area contributed by atoms with E-state index in [4.69, 9.17) is 32.5 Å². The first-order valence-electron chi connectivity index (χ1n) is 13.3. The molecule has 0 spiro atoms. The van der Waals surface area contributed by atoms with Crippen LogP contribution >= 0.6 is 0 Å². The largest absolute Gasteiger partial charge is 0.478 e. The maximum absolute atomic E-state index is 10.6. The second kappa shape index (κ2) is 18.1. The van der Waals surface area contributed by atoms with Gasteiger partial charge < -0.3 is 32.5 Å². The zero-order valence-electron chi connectivity index (χ0n) is 24.1. The molecule has 0 aliphatic heterocycles. The summed E-state index contributed by atoms with van der Waals surface area (Å²) in [6.07, 6.45) is 3.06. The average molecular weight is 574 g/mol. The van der Waals surface area contributed by atoms with Crippen molar-refractivity contribution in [3.63, 3.8) is 0 Å². The molecule has 0 bridgehead atoms. The van der Waals surface area contributed by atoms with Crippen molar-refractivity contribution < 1.29 is 29.7 Å². The highest BCUT2D eigenvalue weighted by atomic mass is 16.4. The van der Waals surface area contributed by atoms with E-state index in [0.717, 1.165) is 54.5 Å². The van der Waals surface area contributed by atoms with Crippen LogP contribution in [0.25, 0.3) is 0 Å². The van der Waals surface area contributed by atoms with Crippen LogP contribution in [0.2, 0.25) is 0 Å². The first-order chi connectivity index (χ1) is 19.9. The Hall–Kier alpha value is -5.31. The van der Waals surface area contributed by atoms with Gasteiger partial charge in [0, 0.05) is 17.1 Å². The minimum absolute atomic E-state index is 0.368. The summed E-state index contributed by atoms with van der Waals surface area (Å²) in [5, 5.41) is 25.8. The SMILES string of the molecule is CCc1ccccc1N.CCc1ccccc1N.CCc1ccccc1N.O=C(O)c1cc(C(=O)O)cc(C(=O)O)c1.